The van der Waals surface area contributed by atoms with Crippen molar-refractivity contribution in [2.45, 2.75) is 48.0 Å². The van der Waals surface area contributed by atoms with Gasteiger partial charge < -0.3 is 32.1 Å². The fourth-order valence-corrected chi connectivity index (χ4v) is 5.88. The molecule has 0 aliphatic heterocycles. The molecule has 0 radical (unpaired) electrons. The summed E-state index contributed by atoms with van der Waals surface area (Å²) < 4.78 is 0. The number of hydrogen-bond donors (Lipinski definition) is 6. The lowest BCUT2D eigenvalue weighted by Crippen LogP contribution is -2.14. The van der Waals surface area contributed by atoms with E-state index in [1.54, 1.807) is 24.5 Å². The average molecular weight is 685 g/mol. The molecule has 0 aliphatic rings. The number of benzene rings is 4. The van der Waals surface area contributed by atoms with E-state index in [2.05, 4.69) is 27.2 Å². The summed E-state index contributed by atoms with van der Waals surface area (Å²) in [5.41, 5.74) is 21.1. The number of H-pyrrole nitrogens is 2. The molecule has 4 aromatic carbocycles. The molecule has 10 heteroatoms. The van der Waals surface area contributed by atoms with E-state index in [0.29, 0.717) is 28.6 Å². The first-order valence-electron chi connectivity index (χ1n) is 16.7. The molecule has 10 nitrogen and oxygen atoms in total. The summed E-state index contributed by atoms with van der Waals surface area (Å²) in [7, 11) is 0. The van der Waals surface area contributed by atoms with Gasteiger partial charge in [-0.25, -0.2) is 0 Å². The molecule has 6 aromatic rings. The van der Waals surface area contributed by atoms with Crippen LogP contribution in [0.1, 0.15) is 66.0 Å². The Kier molecular flexibility index (Phi) is 12.0. The van der Waals surface area contributed by atoms with Crippen LogP contribution in [0, 0.1) is 13.8 Å². The molecule has 0 saturated heterocycles. The highest BCUT2D eigenvalue weighted by Gasteiger charge is 2.17. The zero-order valence-electron chi connectivity index (χ0n) is 29.8. The first kappa shape index (κ1) is 37.4. The Balaban J connectivity index is 0.000000220. The maximum absolute atomic E-state index is 12.2. The lowest BCUT2D eigenvalue weighted by Gasteiger charge is -2.14. The number of aromatic amines is 2. The summed E-state index contributed by atoms with van der Waals surface area (Å²) in [6, 6.07) is 22.6. The summed E-state index contributed by atoms with van der Waals surface area (Å²) >= 11 is 0. The van der Waals surface area contributed by atoms with E-state index in [4.69, 9.17) is 11.5 Å². The predicted molar refractivity (Wildman–Crippen MR) is 208 cm³/mol. The van der Waals surface area contributed by atoms with E-state index in [9.17, 15) is 19.2 Å². The second kappa shape index (κ2) is 16.3. The summed E-state index contributed by atoms with van der Waals surface area (Å²) in [5.74, 6) is -1.22. The Morgan fingerprint density at radius 2 is 1.08 bits per heavy atom. The van der Waals surface area contributed by atoms with Gasteiger partial charge in [-0.05, 0) is 90.0 Å². The van der Waals surface area contributed by atoms with Crippen molar-refractivity contribution < 1.29 is 19.2 Å². The summed E-state index contributed by atoms with van der Waals surface area (Å²) in [4.78, 5) is 52.9. The summed E-state index contributed by atoms with van der Waals surface area (Å²) in [6.07, 6.45) is 4.17. The minimum Gasteiger partial charge on any atom is -0.366 e. The van der Waals surface area contributed by atoms with Crippen LogP contribution >= 0.6 is 0 Å². The predicted octanol–water partition coefficient (Wildman–Crippen LogP) is 8.37. The maximum atomic E-state index is 12.2. The SMILES string of the molecule is C=C(CC)C(=O)Nc1cccc(-c2ccc(C(N)=O)c3[nH]ccc23)c1C.CC.CC(=O)Nc1cccc(-c2ccc(C(N)=O)c3[nH]ccc23)c1C. The zero-order valence-corrected chi connectivity index (χ0v) is 29.8. The molecule has 0 fully saturated rings. The van der Waals surface area contributed by atoms with Gasteiger partial charge in [-0.3, -0.25) is 19.2 Å². The lowest BCUT2D eigenvalue weighted by molar-refractivity contribution is -0.114. The number of rotatable bonds is 8. The summed E-state index contributed by atoms with van der Waals surface area (Å²) in [5, 5.41) is 7.58. The minimum absolute atomic E-state index is 0.110. The molecule has 0 atom stereocenters. The maximum Gasteiger partial charge on any atom is 0.250 e. The highest BCUT2D eigenvalue weighted by atomic mass is 16.2. The second-order valence-corrected chi connectivity index (χ2v) is 11.6. The van der Waals surface area contributed by atoms with Crippen molar-refractivity contribution in [3.63, 3.8) is 0 Å². The van der Waals surface area contributed by atoms with Gasteiger partial charge in [0.15, 0.2) is 0 Å². The Morgan fingerprint density at radius 3 is 1.47 bits per heavy atom. The largest absolute Gasteiger partial charge is 0.366 e. The van der Waals surface area contributed by atoms with E-state index in [1.807, 2.05) is 95.3 Å². The number of nitrogens with two attached hydrogens (primary N) is 2. The van der Waals surface area contributed by atoms with Gasteiger partial charge in [0.05, 0.1) is 22.2 Å². The molecule has 6 rings (SSSR count). The Hall–Kier alpha value is -6.42. The van der Waals surface area contributed by atoms with Gasteiger partial charge in [-0.2, -0.15) is 0 Å². The number of fused-ring (bicyclic) bond motifs is 2. The van der Waals surface area contributed by atoms with Gasteiger partial charge in [0.25, 0.3) is 17.7 Å². The third-order valence-corrected chi connectivity index (χ3v) is 8.53. The van der Waals surface area contributed by atoms with E-state index in [1.165, 1.54) is 6.92 Å². The topological polar surface area (TPSA) is 176 Å². The fraction of sp³-hybridized carbons (Fsp3) is 0.171. The van der Waals surface area contributed by atoms with E-state index in [0.717, 1.165) is 61.0 Å². The van der Waals surface area contributed by atoms with Gasteiger partial charge in [0, 0.05) is 47.0 Å². The third kappa shape index (κ3) is 7.91. The third-order valence-electron chi connectivity index (χ3n) is 8.53. The Bertz CT molecular complexity index is 2280. The van der Waals surface area contributed by atoms with Crippen LogP contribution in [-0.2, 0) is 9.59 Å². The van der Waals surface area contributed by atoms with Crippen molar-refractivity contribution in [2.24, 2.45) is 11.5 Å². The molecule has 0 saturated carbocycles. The van der Waals surface area contributed by atoms with Crippen LogP contribution in [0.5, 0.6) is 0 Å². The molecule has 2 heterocycles. The first-order valence-corrected chi connectivity index (χ1v) is 16.7. The monoisotopic (exact) mass is 684 g/mol. The minimum atomic E-state index is -0.472. The van der Waals surface area contributed by atoms with Gasteiger partial charge in [-0.15, -0.1) is 0 Å². The fourth-order valence-electron chi connectivity index (χ4n) is 5.88. The molecular weight excluding hydrogens is 640 g/mol. The van der Waals surface area contributed by atoms with Gasteiger partial charge in [0.1, 0.15) is 0 Å². The van der Waals surface area contributed by atoms with Crippen molar-refractivity contribution in [3.8, 4) is 22.3 Å². The van der Waals surface area contributed by atoms with Crippen LogP contribution in [0.25, 0.3) is 44.1 Å². The van der Waals surface area contributed by atoms with Crippen LogP contribution in [0.15, 0.2) is 97.3 Å². The molecule has 2 aromatic heterocycles. The number of anilines is 2. The van der Waals surface area contributed by atoms with Crippen molar-refractivity contribution in [2.75, 3.05) is 10.6 Å². The summed E-state index contributed by atoms with van der Waals surface area (Å²) in [6.45, 7) is 15.1. The normalized spacial score (nSPS) is 10.4. The zero-order chi connectivity index (χ0) is 37.4. The van der Waals surface area contributed by atoms with Gasteiger partial charge in [0.2, 0.25) is 5.91 Å². The molecule has 8 N–H and O–H groups in total. The van der Waals surface area contributed by atoms with Crippen molar-refractivity contribution in [1.29, 1.82) is 0 Å². The van der Waals surface area contributed by atoms with Crippen LogP contribution in [0.4, 0.5) is 11.4 Å². The highest BCUT2D eigenvalue weighted by molar-refractivity contribution is 6.11. The number of primary amides is 2. The van der Waals surface area contributed by atoms with E-state index < -0.39 is 11.8 Å². The molecule has 0 aliphatic carbocycles. The van der Waals surface area contributed by atoms with Crippen LogP contribution in [0.3, 0.4) is 0 Å². The van der Waals surface area contributed by atoms with E-state index >= 15 is 0 Å². The molecule has 0 bridgehead atoms. The lowest BCUT2D eigenvalue weighted by atomic mass is 9.94. The van der Waals surface area contributed by atoms with Gasteiger partial charge >= 0.3 is 0 Å². The molecule has 0 unspecified atom stereocenters. The van der Waals surface area contributed by atoms with Crippen LogP contribution in [0.2, 0.25) is 0 Å². The average Bonchev–Trinajstić information content (AvgIpc) is 3.81. The van der Waals surface area contributed by atoms with Crippen LogP contribution < -0.4 is 22.1 Å². The number of hydrogen-bond acceptors (Lipinski definition) is 4. The molecule has 0 spiro atoms. The van der Waals surface area contributed by atoms with Crippen molar-refractivity contribution in [1.82, 2.24) is 9.97 Å². The first-order chi connectivity index (χ1) is 24.4. The number of aromatic nitrogens is 2. The Morgan fingerprint density at radius 1 is 0.647 bits per heavy atom. The van der Waals surface area contributed by atoms with Gasteiger partial charge in [-0.1, -0.05) is 63.7 Å². The Labute approximate surface area is 297 Å². The van der Waals surface area contributed by atoms with Crippen molar-refractivity contribution >= 4 is 56.8 Å². The second-order valence-electron chi connectivity index (χ2n) is 11.6. The highest BCUT2D eigenvalue weighted by Crippen LogP contribution is 2.36. The molecule has 262 valence electrons. The molecular formula is C41H44N6O4. The van der Waals surface area contributed by atoms with Crippen LogP contribution in [-0.4, -0.2) is 33.6 Å². The number of amides is 4. The quantitative estimate of drug-likeness (QED) is 0.0884. The number of carbonyl (C=O) groups excluding carboxylic acids is 4. The molecule has 4 amide bonds. The van der Waals surface area contributed by atoms with Crippen molar-refractivity contribution in [3.05, 3.63) is 120 Å². The molecule has 51 heavy (non-hydrogen) atoms. The number of nitrogens with one attached hydrogen (secondary N) is 4. The van der Waals surface area contributed by atoms with E-state index in [-0.39, 0.29) is 11.8 Å². The standard InChI is InChI=1S/C21H21N3O2.C18H17N3O2.C2H6/c1-4-12(2)21(26)24-18-7-5-6-14(13(18)3)15-8-9-17(20(22)25)19-16(15)10-11-23-19;1-10-12(4-3-5-16(10)21-11(2)22)13-6-7-15(18(19)23)17-14(13)8-9-20-17;1-2/h5-11,23H,2,4H2,1,3H3,(H2,22,25)(H,24,26);3-9,20H,1-2H3,(H2,19,23)(H,21,22);1-2H3. The number of carbonyl (C=O) groups is 4. The smallest absolute Gasteiger partial charge is 0.250 e.